The second kappa shape index (κ2) is 4.91. The molecule has 2 aromatic rings. The van der Waals surface area contributed by atoms with E-state index in [9.17, 15) is 18.0 Å². The van der Waals surface area contributed by atoms with Crippen LogP contribution in [0.1, 0.15) is 17.9 Å². The summed E-state index contributed by atoms with van der Waals surface area (Å²) in [6.07, 6.45) is -5.56. The number of halogens is 3. The summed E-state index contributed by atoms with van der Waals surface area (Å²) in [5.41, 5.74) is 2.36. The summed E-state index contributed by atoms with van der Waals surface area (Å²) >= 11 is 0. The molecule has 0 spiro atoms. The second-order valence-corrected chi connectivity index (χ2v) is 4.99. The summed E-state index contributed by atoms with van der Waals surface area (Å²) in [6.45, 7) is 0. The van der Waals surface area contributed by atoms with E-state index in [0.717, 1.165) is 5.56 Å². The van der Waals surface area contributed by atoms with Crippen LogP contribution in [-0.4, -0.2) is 12.1 Å². The highest BCUT2D eigenvalue weighted by atomic mass is 19.4. The lowest BCUT2D eigenvalue weighted by Crippen LogP contribution is -2.25. The maximum absolute atomic E-state index is 12.8. The highest BCUT2D eigenvalue weighted by molar-refractivity contribution is 6.03. The third kappa shape index (κ3) is 2.63. The van der Waals surface area contributed by atoms with Gasteiger partial charge in [-0.15, -0.1) is 0 Å². The zero-order valence-corrected chi connectivity index (χ0v) is 10.9. The maximum Gasteiger partial charge on any atom is 0.390 e. The van der Waals surface area contributed by atoms with Gasteiger partial charge < -0.3 is 5.32 Å². The summed E-state index contributed by atoms with van der Waals surface area (Å²) in [7, 11) is 0. The van der Waals surface area contributed by atoms with E-state index in [1.54, 1.807) is 48.5 Å². The van der Waals surface area contributed by atoms with Crippen molar-refractivity contribution >= 4 is 11.6 Å². The van der Waals surface area contributed by atoms with Crippen LogP contribution in [0.3, 0.4) is 0 Å². The van der Waals surface area contributed by atoms with Crippen molar-refractivity contribution in [3.63, 3.8) is 0 Å². The minimum absolute atomic E-state index is 0.414. The number of anilines is 1. The molecular weight excluding hydrogens is 279 g/mol. The van der Waals surface area contributed by atoms with E-state index in [-0.39, 0.29) is 0 Å². The molecule has 0 aliphatic carbocycles. The topological polar surface area (TPSA) is 29.1 Å². The number of carbonyl (C=O) groups is 1. The zero-order chi connectivity index (χ0) is 15.0. The van der Waals surface area contributed by atoms with Gasteiger partial charge in [-0.1, -0.05) is 42.5 Å². The van der Waals surface area contributed by atoms with Crippen LogP contribution in [0.2, 0.25) is 0 Å². The minimum Gasteiger partial charge on any atom is -0.325 e. The van der Waals surface area contributed by atoms with Crippen molar-refractivity contribution < 1.29 is 18.0 Å². The van der Waals surface area contributed by atoms with Gasteiger partial charge >= 0.3 is 6.18 Å². The van der Waals surface area contributed by atoms with Crippen LogP contribution < -0.4 is 5.32 Å². The molecule has 21 heavy (non-hydrogen) atoms. The highest BCUT2D eigenvalue weighted by Gasteiger charge is 2.38. The predicted octanol–water partition coefficient (Wildman–Crippen LogP) is 4.34. The SMILES string of the molecule is O=C1Nc2ccccc2-c2ccccc2C1CC(F)(F)F. The van der Waals surface area contributed by atoms with Crippen molar-refractivity contribution in [3.8, 4) is 11.1 Å². The lowest BCUT2D eigenvalue weighted by molar-refractivity contribution is -0.145. The molecule has 3 rings (SSSR count). The molecule has 1 aliphatic heterocycles. The second-order valence-electron chi connectivity index (χ2n) is 4.99. The van der Waals surface area contributed by atoms with E-state index >= 15 is 0 Å². The van der Waals surface area contributed by atoms with Crippen LogP contribution >= 0.6 is 0 Å². The Morgan fingerprint density at radius 3 is 2.29 bits per heavy atom. The molecule has 0 fully saturated rings. The Bertz CT molecular complexity index is 694. The van der Waals surface area contributed by atoms with Gasteiger partial charge in [0.2, 0.25) is 5.91 Å². The number of alkyl halides is 3. The first-order valence-electron chi connectivity index (χ1n) is 6.51. The standard InChI is InChI=1S/C16H12F3NO/c17-16(18,19)9-13-11-6-2-1-5-10(11)12-7-3-4-8-14(12)20-15(13)21/h1-8,13H,9H2,(H,20,21). The quantitative estimate of drug-likeness (QED) is 0.832. The summed E-state index contributed by atoms with van der Waals surface area (Å²) in [5, 5.41) is 2.60. The molecule has 0 saturated heterocycles. The van der Waals surface area contributed by atoms with Gasteiger partial charge in [0.25, 0.3) is 0 Å². The number of hydrogen-bond donors (Lipinski definition) is 1. The van der Waals surface area contributed by atoms with Crippen LogP contribution in [0.25, 0.3) is 11.1 Å². The van der Waals surface area contributed by atoms with Gasteiger partial charge in [0.15, 0.2) is 0 Å². The van der Waals surface area contributed by atoms with E-state index in [2.05, 4.69) is 5.32 Å². The lowest BCUT2D eigenvalue weighted by Gasteiger charge is -2.17. The van der Waals surface area contributed by atoms with Crippen molar-refractivity contribution in [3.05, 3.63) is 54.1 Å². The fourth-order valence-electron chi connectivity index (χ4n) is 2.67. The van der Waals surface area contributed by atoms with Gasteiger partial charge in [0, 0.05) is 11.3 Å². The van der Waals surface area contributed by atoms with Crippen molar-refractivity contribution in [1.82, 2.24) is 0 Å². The van der Waals surface area contributed by atoms with Gasteiger partial charge in [0.1, 0.15) is 0 Å². The molecule has 1 atom stereocenters. The van der Waals surface area contributed by atoms with Crippen LogP contribution in [-0.2, 0) is 4.79 Å². The zero-order valence-electron chi connectivity index (χ0n) is 10.9. The Morgan fingerprint density at radius 1 is 0.952 bits per heavy atom. The molecule has 1 unspecified atom stereocenters. The molecule has 0 bridgehead atoms. The number of hydrogen-bond acceptors (Lipinski definition) is 1. The Labute approximate surface area is 119 Å². The average molecular weight is 291 g/mol. The number of amides is 1. The first kappa shape index (κ1) is 13.7. The van der Waals surface area contributed by atoms with E-state index in [4.69, 9.17) is 0 Å². The van der Waals surface area contributed by atoms with Crippen molar-refractivity contribution in [1.29, 1.82) is 0 Å². The number of benzene rings is 2. The molecule has 0 aromatic heterocycles. The fraction of sp³-hybridized carbons (Fsp3) is 0.188. The molecule has 1 aliphatic rings. The summed E-state index contributed by atoms with van der Waals surface area (Å²) in [5.74, 6) is -1.85. The van der Waals surface area contributed by atoms with Gasteiger partial charge in [-0.05, 0) is 17.2 Å². The Morgan fingerprint density at radius 2 is 1.57 bits per heavy atom. The van der Waals surface area contributed by atoms with Gasteiger partial charge in [0.05, 0.1) is 12.3 Å². The molecule has 2 aromatic carbocycles. The summed E-state index contributed by atoms with van der Waals surface area (Å²) < 4.78 is 38.4. The van der Waals surface area contributed by atoms with Gasteiger partial charge in [-0.25, -0.2) is 0 Å². The number of rotatable bonds is 1. The number of carbonyl (C=O) groups excluding carboxylic acids is 1. The molecule has 0 radical (unpaired) electrons. The van der Waals surface area contributed by atoms with E-state index in [0.29, 0.717) is 16.8 Å². The monoisotopic (exact) mass is 291 g/mol. The van der Waals surface area contributed by atoms with E-state index < -0.39 is 24.4 Å². The first-order chi connectivity index (χ1) is 9.96. The Hall–Kier alpha value is -2.30. The van der Waals surface area contributed by atoms with Crippen LogP contribution in [0.15, 0.2) is 48.5 Å². The first-order valence-corrected chi connectivity index (χ1v) is 6.51. The van der Waals surface area contributed by atoms with Crippen LogP contribution in [0.4, 0.5) is 18.9 Å². The fourth-order valence-corrected chi connectivity index (χ4v) is 2.67. The smallest absolute Gasteiger partial charge is 0.325 e. The van der Waals surface area contributed by atoms with Crippen molar-refractivity contribution in [2.24, 2.45) is 0 Å². The van der Waals surface area contributed by atoms with Gasteiger partial charge in [-0.2, -0.15) is 13.2 Å². The van der Waals surface area contributed by atoms with Crippen molar-refractivity contribution in [2.45, 2.75) is 18.5 Å². The molecular formula is C16H12F3NO. The third-order valence-electron chi connectivity index (χ3n) is 3.56. The van der Waals surface area contributed by atoms with Gasteiger partial charge in [-0.3, -0.25) is 4.79 Å². The largest absolute Gasteiger partial charge is 0.390 e. The Kier molecular flexibility index (Phi) is 3.20. The summed E-state index contributed by atoms with van der Waals surface area (Å²) in [4.78, 5) is 12.2. The van der Waals surface area contributed by atoms with Crippen LogP contribution in [0.5, 0.6) is 0 Å². The molecule has 0 saturated carbocycles. The molecule has 5 heteroatoms. The minimum atomic E-state index is -4.40. The van der Waals surface area contributed by atoms with Crippen LogP contribution in [0, 0.1) is 0 Å². The number of para-hydroxylation sites is 1. The number of fused-ring (bicyclic) bond motifs is 3. The highest BCUT2D eigenvalue weighted by Crippen LogP contribution is 2.41. The third-order valence-corrected chi connectivity index (χ3v) is 3.56. The van der Waals surface area contributed by atoms with E-state index in [1.807, 2.05) is 0 Å². The molecule has 2 nitrogen and oxygen atoms in total. The lowest BCUT2D eigenvalue weighted by atomic mass is 9.89. The average Bonchev–Trinajstić information content (AvgIpc) is 2.54. The molecule has 1 N–H and O–H groups in total. The molecule has 108 valence electrons. The summed E-state index contributed by atoms with van der Waals surface area (Å²) in [6, 6.07) is 13.8. The predicted molar refractivity (Wildman–Crippen MR) is 73.9 cm³/mol. The molecule has 1 heterocycles. The van der Waals surface area contributed by atoms with Crippen molar-refractivity contribution in [2.75, 3.05) is 5.32 Å². The number of nitrogens with one attached hydrogen (secondary N) is 1. The van der Waals surface area contributed by atoms with E-state index in [1.165, 1.54) is 0 Å². The molecule has 1 amide bonds. The Balaban J connectivity index is 2.18. The maximum atomic E-state index is 12.8. The normalized spacial score (nSPS) is 17.5.